The van der Waals surface area contributed by atoms with Gasteiger partial charge >= 0.3 is 0 Å². The minimum absolute atomic E-state index is 0.0183. The van der Waals surface area contributed by atoms with Gasteiger partial charge < -0.3 is 49.8 Å². The molecule has 0 saturated carbocycles. The highest BCUT2D eigenvalue weighted by Gasteiger charge is 2.44. The Labute approximate surface area is 485 Å². The minimum Gasteiger partial charge on any atom is -0.391 e. The minimum atomic E-state index is -0.919. The van der Waals surface area contributed by atoms with E-state index in [1.54, 1.807) is 40.7 Å². The van der Waals surface area contributed by atoms with Crippen molar-refractivity contribution in [3.8, 4) is 21.7 Å². The van der Waals surface area contributed by atoms with Gasteiger partial charge in [-0.1, -0.05) is 81.3 Å². The van der Waals surface area contributed by atoms with E-state index >= 15 is 0 Å². The Kier molecular flexibility index (Phi) is 24.5. The Balaban J connectivity index is 0.707. The molecule has 4 atom stereocenters. The number of carbonyl (C=O) groups is 4. The van der Waals surface area contributed by atoms with Gasteiger partial charge in [0.05, 0.1) is 86.3 Å². The van der Waals surface area contributed by atoms with Crippen LogP contribution in [0, 0.1) is 18.3 Å². The first-order valence-corrected chi connectivity index (χ1v) is 29.3. The fourth-order valence-corrected chi connectivity index (χ4v) is 10.7. The zero-order valence-electron chi connectivity index (χ0n) is 47.9. The summed E-state index contributed by atoms with van der Waals surface area (Å²) in [7, 11) is 0. The molecule has 0 unspecified atom stereocenters. The number of aryl methyl sites for hydroxylation is 1. The lowest BCUT2D eigenvalue weighted by Gasteiger charge is -2.36. The molecule has 4 N–H and O–H groups in total. The summed E-state index contributed by atoms with van der Waals surface area (Å²) in [5, 5.41) is 28.1. The van der Waals surface area contributed by atoms with Crippen LogP contribution in [-0.2, 0) is 44.7 Å². The van der Waals surface area contributed by atoms with Gasteiger partial charge in [-0.2, -0.15) is 0 Å². The zero-order valence-corrected chi connectivity index (χ0v) is 48.7. The quantitative estimate of drug-likeness (QED) is 0.0207. The zero-order chi connectivity index (χ0) is 58.3. The molecule has 0 spiro atoms. The van der Waals surface area contributed by atoms with Crippen molar-refractivity contribution in [1.29, 1.82) is 0 Å². The number of aliphatic hydroxyl groups is 1. The highest BCUT2D eigenvalue weighted by atomic mass is 32.1. The van der Waals surface area contributed by atoms with E-state index in [0.29, 0.717) is 64.0 Å². The van der Waals surface area contributed by atoms with Gasteiger partial charge in [0.1, 0.15) is 23.7 Å². The van der Waals surface area contributed by atoms with E-state index in [1.165, 1.54) is 11.0 Å². The number of hydrogen-bond donors (Lipinski definition) is 4. The smallest absolute Gasteiger partial charge is 0.253 e. The number of unbranched alkanes of at least 4 members (excludes halogenated alkanes) is 1. The van der Waals surface area contributed by atoms with Crippen molar-refractivity contribution < 1.29 is 48.0 Å². The third-order valence-electron chi connectivity index (χ3n) is 14.6. The number of piperidine rings is 1. The lowest BCUT2D eigenvalue weighted by Crippen LogP contribution is -2.56. The summed E-state index contributed by atoms with van der Waals surface area (Å²) in [5.74, 6) is 1.59. The Morgan fingerprint density at radius 2 is 1.57 bits per heavy atom. The molecule has 2 saturated heterocycles. The largest absolute Gasteiger partial charge is 0.391 e. The van der Waals surface area contributed by atoms with Gasteiger partial charge in [-0.15, -0.1) is 16.4 Å². The van der Waals surface area contributed by atoms with E-state index in [1.807, 2.05) is 112 Å². The van der Waals surface area contributed by atoms with Crippen LogP contribution in [0.2, 0.25) is 0 Å². The third kappa shape index (κ3) is 19.1. The highest BCUT2D eigenvalue weighted by Crippen LogP contribution is 2.31. The molecule has 2 aliphatic rings. The Morgan fingerprint density at radius 1 is 0.866 bits per heavy atom. The molecule has 2 fully saturated rings. The molecule has 5 heterocycles. The van der Waals surface area contributed by atoms with E-state index in [9.17, 15) is 29.1 Å². The van der Waals surface area contributed by atoms with Crippen molar-refractivity contribution in [3.63, 3.8) is 0 Å². The summed E-state index contributed by atoms with van der Waals surface area (Å²) in [4.78, 5) is 78.3. The Morgan fingerprint density at radius 3 is 2.24 bits per heavy atom. The summed E-state index contributed by atoms with van der Waals surface area (Å²) in [6.45, 7) is 14.5. The van der Waals surface area contributed by atoms with Crippen molar-refractivity contribution in [3.05, 3.63) is 119 Å². The molecule has 440 valence electrons. The third-order valence-corrected chi connectivity index (χ3v) is 15.6. The molecule has 21 heteroatoms. The van der Waals surface area contributed by atoms with Gasteiger partial charge in [0, 0.05) is 75.4 Å². The maximum atomic E-state index is 14.2. The normalized spacial score (nSPS) is 16.5. The average Bonchev–Trinajstić information content (AvgIpc) is 4.38. The van der Waals surface area contributed by atoms with Crippen LogP contribution in [0.5, 0.6) is 0 Å². The topological polar surface area (TPSA) is 242 Å². The fraction of sp³-hybridized carbons (Fsp3) is 0.508. The molecule has 4 amide bonds. The van der Waals surface area contributed by atoms with Crippen molar-refractivity contribution in [2.75, 3.05) is 79.0 Å². The van der Waals surface area contributed by atoms with E-state index in [-0.39, 0.29) is 62.2 Å². The van der Waals surface area contributed by atoms with Gasteiger partial charge in [0.15, 0.2) is 0 Å². The van der Waals surface area contributed by atoms with Crippen molar-refractivity contribution in [2.24, 2.45) is 11.3 Å². The van der Waals surface area contributed by atoms with E-state index in [2.05, 4.69) is 36.2 Å². The van der Waals surface area contributed by atoms with E-state index in [4.69, 9.17) is 18.9 Å². The predicted octanol–water partition coefficient (Wildman–Crippen LogP) is 6.64. The number of rotatable bonds is 31. The van der Waals surface area contributed by atoms with Gasteiger partial charge in [-0.3, -0.25) is 24.2 Å². The van der Waals surface area contributed by atoms with Gasteiger partial charge in [-0.05, 0) is 91.8 Å². The maximum Gasteiger partial charge on any atom is 0.253 e. The second kappa shape index (κ2) is 32.0. The number of aliphatic hydroxyl groups excluding tert-OH is 1. The number of β-amino-alcohol motifs (C(OH)–C–C–N with tert-alkyl or cyclic N) is 1. The standard InChI is InChI=1S/C61H80N10O10S/c1-43(47-13-17-49(18-14-47)56-44(2)64-42-82-56)66-58(75)53-36-52(73)39-70(53)60(77)57(61(3,4)5)67-51(40-72)41-81-35-34-79-30-9-29-78-32-33-80-31-28-71-54(38-65-68-71)48-15-19-50(20-16-48)59(76)69-26-22-45(23-27-69)10-6-7-25-63-55(74)21-12-46-11-8-24-62-37-46/h8,11-21,24,37-38,42-43,45,52-53,57,67,73H,6-7,9-10,22-23,25-36,39,41H2,1-5H3,(H,63,74)(H,66,75)/b21-12+/t43-,52+,53-,57+/m1/s1. The second-order valence-corrected chi connectivity index (χ2v) is 22.7. The molecule has 3 aromatic heterocycles. The predicted molar refractivity (Wildman–Crippen MR) is 313 cm³/mol. The first-order chi connectivity index (χ1) is 39.7. The van der Waals surface area contributed by atoms with Crippen LogP contribution in [0.1, 0.15) is 106 Å². The number of amides is 4. The highest BCUT2D eigenvalue weighted by molar-refractivity contribution is 7.13. The number of nitrogens with zero attached hydrogens (tertiary/aromatic N) is 7. The molecule has 0 radical (unpaired) electrons. The molecular formula is C61H80N10O10S. The molecule has 2 aliphatic heterocycles. The molecular weight excluding hydrogens is 1060 g/mol. The Bertz CT molecular complexity index is 2880. The van der Waals surface area contributed by atoms with Gasteiger partial charge in [0.25, 0.3) is 5.91 Å². The van der Waals surface area contributed by atoms with Crippen LogP contribution in [0.25, 0.3) is 27.8 Å². The number of nitrogens with one attached hydrogen (secondary N) is 3. The lowest BCUT2D eigenvalue weighted by molar-refractivity contribution is -0.142. The number of ether oxygens (including phenoxy) is 4. The molecule has 7 rings (SSSR count). The van der Waals surface area contributed by atoms with Crippen LogP contribution in [0.4, 0.5) is 0 Å². The summed E-state index contributed by atoms with van der Waals surface area (Å²) in [5.41, 5.74) is 7.35. The average molecular weight is 1150 g/mol. The SMILES string of the molecule is Cc1ncsc1-c1ccc([C@@H](C)NC(=O)[C@H]2C[C@H](O)CN2C(=O)[C@H](NC(=C=O)COCCOCCCOCCOCCn2nncc2-c2ccc(C(=O)N3CCC(CCCCNC(=O)/C=C/c4cccnc4)CC3)cc2)C(C)(C)C)cc1. The van der Waals surface area contributed by atoms with Gasteiger partial charge in [0.2, 0.25) is 17.7 Å². The van der Waals surface area contributed by atoms with Crippen molar-refractivity contribution in [1.82, 2.24) is 50.7 Å². The molecule has 2 aromatic carbocycles. The number of aromatic nitrogens is 5. The van der Waals surface area contributed by atoms with Gasteiger partial charge in [-0.25, -0.2) is 14.5 Å². The van der Waals surface area contributed by atoms with E-state index in [0.717, 1.165) is 83.7 Å². The summed E-state index contributed by atoms with van der Waals surface area (Å²) < 4.78 is 24.7. The van der Waals surface area contributed by atoms with E-state index < -0.39 is 29.5 Å². The number of pyridine rings is 1. The first-order valence-electron chi connectivity index (χ1n) is 28.4. The molecule has 82 heavy (non-hydrogen) atoms. The number of benzene rings is 2. The van der Waals surface area contributed by atoms with Crippen molar-refractivity contribution in [2.45, 2.75) is 110 Å². The molecule has 5 aromatic rings. The number of carbonyl (C=O) groups excluding carboxylic acids is 5. The molecule has 0 bridgehead atoms. The van der Waals surface area contributed by atoms with Crippen LogP contribution < -0.4 is 16.0 Å². The number of hydrogen-bond acceptors (Lipinski definition) is 16. The Hall–Kier alpha value is -6.97. The van der Waals surface area contributed by atoms with Crippen LogP contribution in [-0.4, -0.2) is 167 Å². The second-order valence-electron chi connectivity index (χ2n) is 21.8. The van der Waals surface area contributed by atoms with Crippen LogP contribution in [0.3, 0.4) is 0 Å². The monoisotopic (exact) mass is 1140 g/mol. The van der Waals surface area contributed by atoms with Crippen molar-refractivity contribution >= 4 is 47.0 Å². The maximum absolute atomic E-state index is 14.2. The molecule has 20 nitrogen and oxygen atoms in total. The first kappa shape index (κ1) is 62.6. The fourth-order valence-electron chi connectivity index (χ4n) is 9.93. The summed E-state index contributed by atoms with van der Waals surface area (Å²) in [6.07, 6.45) is 13.3. The molecule has 0 aliphatic carbocycles. The number of thiazole rings is 1. The number of likely N-dealkylation sites (tertiary alicyclic amines) is 2. The van der Waals surface area contributed by atoms with Crippen LogP contribution in [0.15, 0.2) is 96.5 Å². The summed E-state index contributed by atoms with van der Waals surface area (Å²) in [6, 6.07) is 17.1. The van der Waals surface area contributed by atoms with Crippen LogP contribution >= 0.6 is 11.3 Å². The lowest BCUT2D eigenvalue weighted by atomic mass is 9.85. The summed E-state index contributed by atoms with van der Waals surface area (Å²) >= 11 is 1.57.